The molecule has 35 heavy (non-hydrogen) atoms. The van der Waals surface area contributed by atoms with Crippen LogP contribution in [-0.4, -0.2) is 32.3 Å². The molecule has 1 aromatic heterocycles. The lowest BCUT2D eigenvalue weighted by molar-refractivity contribution is 0.100. The van der Waals surface area contributed by atoms with Crippen molar-refractivity contribution in [3.63, 3.8) is 0 Å². The number of rotatable bonds is 6. The summed E-state index contributed by atoms with van der Waals surface area (Å²) >= 11 is 0. The van der Waals surface area contributed by atoms with Crippen LogP contribution < -0.4 is 10.5 Å². The lowest BCUT2D eigenvalue weighted by atomic mass is 10.0. The van der Waals surface area contributed by atoms with Gasteiger partial charge >= 0.3 is 0 Å². The van der Waals surface area contributed by atoms with E-state index in [1.807, 2.05) is 42.5 Å². The standard InChI is InChI=1S/C28H23N2O4S/c1-34-21-12-9-19(10-13-21)20-11-14-23-26(16-20)30(25-8-4-7-24(27(23)25)28(29)31)17-18-5-3-6-22(15-18)35(2,32)33/h3-13,15-16H,17H2,1-2H3,(H2,29,31). The van der Waals surface area contributed by atoms with Gasteiger partial charge in [0, 0.05) is 29.1 Å². The lowest BCUT2D eigenvalue weighted by Crippen LogP contribution is -2.11. The van der Waals surface area contributed by atoms with Crippen molar-refractivity contribution < 1.29 is 17.9 Å². The maximum absolute atomic E-state index is 12.3. The second-order valence-electron chi connectivity index (χ2n) is 8.45. The van der Waals surface area contributed by atoms with Crippen molar-refractivity contribution in [1.82, 2.24) is 4.57 Å². The number of primary amides is 1. The summed E-state index contributed by atoms with van der Waals surface area (Å²) in [7, 11) is -1.72. The van der Waals surface area contributed by atoms with Crippen LogP contribution in [0.3, 0.4) is 0 Å². The van der Waals surface area contributed by atoms with Gasteiger partial charge < -0.3 is 15.0 Å². The number of hydrogen-bond acceptors (Lipinski definition) is 4. The van der Waals surface area contributed by atoms with Gasteiger partial charge in [0.15, 0.2) is 9.84 Å². The number of hydrogen-bond donors (Lipinski definition) is 1. The zero-order chi connectivity index (χ0) is 24.7. The Morgan fingerprint density at radius 1 is 0.971 bits per heavy atom. The minimum Gasteiger partial charge on any atom is -0.497 e. The highest BCUT2D eigenvalue weighted by molar-refractivity contribution is 7.90. The normalized spacial score (nSPS) is 11.7. The molecule has 0 saturated heterocycles. The Hall–Kier alpha value is -4.10. The Morgan fingerprint density at radius 2 is 1.71 bits per heavy atom. The molecule has 5 aromatic rings. The molecule has 0 fully saturated rings. The summed E-state index contributed by atoms with van der Waals surface area (Å²) in [4.78, 5) is 12.5. The lowest BCUT2D eigenvalue weighted by Gasteiger charge is -2.10. The van der Waals surface area contributed by atoms with E-state index in [0.717, 1.165) is 44.2 Å². The van der Waals surface area contributed by atoms with Crippen LogP contribution in [0.15, 0.2) is 83.8 Å². The van der Waals surface area contributed by atoms with E-state index in [4.69, 9.17) is 10.5 Å². The van der Waals surface area contributed by atoms with E-state index in [9.17, 15) is 13.2 Å². The van der Waals surface area contributed by atoms with Crippen molar-refractivity contribution in [2.45, 2.75) is 11.4 Å². The first-order valence-electron chi connectivity index (χ1n) is 11.0. The Balaban J connectivity index is 1.75. The van der Waals surface area contributed by atoms with Crippen molar-refractivity contribution in [3.8, 4) is 16.9 Å². The molecule has 0 aliphatic heterocycles. The van der Waals surface area contributed by atoms with Gasteiger partial charge in [0.1, 0.15) is 5.75 Å². The highest BCUT2D eigenvalue weighted by atomic mass is 32.2. The van der Waals surface area contributed by atoms with Crippen molar-refractivity contribution in [1.29, 1.82) is 0 Å². The van der Waals surface area contributed by atoms with E-state index >= 15 is 0 Å². The number of carbonyl (C=O) groups is 1. The average Bonchev–Trinajstić information content (AvgIpc) is 3.16. The summed E-state index contributed by atoms with van der Waals surface area (Å²) < 4.78 is 31.6. The van der Waals surface area contributed by atoms with E-state index in [-0.39, 0.29) is 4.90 Å². The van der Waals surface area contributed by atoms with Gasteiger partial charge in [-0.2, -0.15) is 0 Å². The van der Waals surface area contributed by atoms with Crippen LogP contribution in [0, 0.1) is 6.07 Å². The molecule has 4 aromatic carbocycles. The third-order valence-electron chi connectivity index (χ3n) is 6.15. The summed E-state index contributed by atoms with van der Waals surface area (Å²) in [5, 5.41) is 1.52. The largest absolute Gasteiger partial charge is 0.497 e. The molecule has 7 heteroatoms. The van der Waals surface area contributed by atoms with Gasteiger partial charge in [0.25, 0.3) is 0 Å². The average molecular weight is 484 g/mol. The number of aromatic nitrogens is 1. The topological polar surface area (TPSA) is 91.4 Å². The molecule has 0 bridgehead atoms. The van der Waals surface area contributed by atoms with Gasteiger partial charge in [-0.1, -0.05) is 30.3 Å². The van der Waals surface area contributed by atoms with E-state index in [0.29, 0.717) is 12.1 Å². The highest BCUT2D eigenvalue weighted by Crippen LogP contribution is 2.35. The molecule has 175 valence electrons. The number of nitrogens with two attached hydrogens (primary N) is 1. The SMILES string of the molecule is COc1ccc(-c2c[c]c3c4c(C(N)=O)cccc4n(Cc4cccc(S(C)(=O)=O)c4)c3c2)cc1. The van der Waals surface area contributed by atoms with E-state index in [1.54, 1.807) is 37.4 Å². The maximum atomic E-state index is 12.3. The molecule has 1 radical (unpaired) electrons. The third-order valence-corrected chi connectivity index (χ3v) is 7.26. The van der Waals surface area contributed by atoms with Crippen LogP contribution in [0.2, 0.25) is 0 Å². The fourth-order valence-corrected chi connectivity index (χ4v) is 5.13. The molecule has 0 spiro atoms. The number of methoxy groups -OCH3 is 1. The molecule has 5 rings (SSSR count). The van der Waals surface area contributed by atoms with Gasteiger partial charge in [0.05, 0.1) is 23.0 Å². The summed E-state index contributed by atoms with van der Waals surface area (Å²) in [5.74, 6) is 0.256. The molecule has 1 heterocycles. The summed E-state index contributed by atoms with van der Waals surface area (Å²) in [6.07, 6.45) is 1.20. The number of amides is 1. The number of ether oxygens (including phenoxy) is 1. The number of carbonyl (C=O) groups excluding carboxylic acids is 1. The predicted octanol–water partition coefficient (Wildman–Crippen LogP) is 4.82. The minimum absolute atomic E-state index is 0.263. The molecule has 0 saturated carbocycles. The van der Waals surface area contributed by atoms with Gasteiger partial charge in [-0.3, -0.25) is 4.79 Å². The molecule has 0 aliphatic rings. The molecule has 2 N–H and O–H groups in total. The first-order valence-corrected chi connectivity index (χ1v) is 12.9. The number of benzene rings is 4. The summed E-state index contributed by atoms with van der Waals surface area (Å²) in [5.41, 5.74) is 10.6. The Kier molecular flexibility index (Phi) is 5.57. The maximum Gasteiger partial charge on any atom is 0.249 e. The molecule has 0 unspecified atom stereocenters. The smallest absolute Gasteiger partial charge is 0.249 e. The van der Waals surface area contributed by atoms with Crippen LogP contribution in [0.4, 0.5) is 0 Å². The minimum atomic E-state index is -3.34. The van der Waals surface area contributed by atoms with Crippen LogP contribution in [0.5, 0.6) is 5.75 Å². The molecule has 0 atom stereocenters. The Morgan fingerprint density at radius 3 is 2.40 bits per heavy atom. The van der Waals surface area contributed by atoms with Gasteiger partial charge in [-0.15, -0.1) is 0 Å². The van der Waals surface area contributed by atoms with Crippen molar-refractivity contribution in [3.05, 3.63) is 96.1 Å². The highest BCUT2D eigenvalue weighted by Gasteiger charge is 2.18. The van der Waals surface area contributed by atoms with Crippen LogP contribution in [0.1, 0.15) is 15.9 Å². The van der Waals surface area contributed by atoms with Crippen molar-refractivity contribution in [2.24, 2.45) is 5.73 Å². The van der Waals surface area contributed by atoms with Gasteiger partial charge in [0.2, 0.25) is 5.91 Å². The zero-order valence-electron chi connectivity index (χ0n) is 19.3. The molecule has 0 aliphatic carbocycles. The molecular formula is C28H23N2O4S. The Labute approximate surface area is 203 Å². The molecule has 1 amide bonds. The van der Waals surface area contributed by atoms with E-state index in [1.165, 1.54) is 6.26 Å². The zero-order valence-corrected chi connectivity index (χ0v) is 20.1. The first-order chi connectivity index (χ1) is 16.8. The first kappa shape index (κ1) is 22.7. The third kappa shape index (κ3) is 4.15. The van der Waals surface area contributed by atoms with Crippen LogP contribution in [0.25, 0.3) is 32.9 Å². The van der Waals surface area contributed by atoms with E-state index < -0.39 is 15.7 Å². The molecular weight excluding hydrogens is 460 g/mol. The summed E-state index contributed by atoms with van der Waals surface area (Å²) in [6.45, 7) is 0.408. The fraction of sp³-hybridized carbons (Fsp3) is 0.107. The fourth-order valence-electron chi connectivity index (χ4n) is 4.44. The molecule has 6 nitrogen and oxygen atoms in total. The predicted molar refractivity (Wildman–Crippen MR) is 137 cm³/mol. The second-order valence-corrected chi connectivity index (χ2v) is 10.5. The van der Waals surface area contributed by atoms with Gasteiger partial charge in [-0.05, 0) is 71.3 Å². The van der Waals surface area contributed by atoms with Gasteiger partial charge in [-0.25, -0.2) is 8.42 Å². The van der Waals surface area contributed by atoms with Crippen LogP contribution in [-0.2, 0) is 16.4 Å². The number of nitrogens with zero attached hydrogens (tertiary/aromatic N) is 1. The number of sulfone groups is 1. The Bertz CT molecular complexity index is 1700. The van der Waals surface area contributed by atoms with Crippen molar-refractivity contribution in [2.75, 3.05) is 13.4 Å². The second kappa shape index (κ2) is 8.60. The number of fused-ring (bicyclic) bond motifs is 3. The monoisotopic (exact) mass is 483 g/mol. The summed E-state index contributed by atoms with van der Waals surface area (Å²) in [6, 6.07) is 27.4. The quantitative estimate of drug-likeness (QED) is 0.375. The van der Waals surface area contributed by atoms with Crippen LogP contribution >= 0.6 is 0 Å². The van der Waals surface area contributed by atoms with E-state index in [2.05, 4.69) is 16.7 Å². The van der Waals surface area contributed by atoms with Crippen molar-refractivity contribution >= 4 is 37.6 Å².